The van der Waals surface area contributed by atoms with Gasteiger partial charge >= 0.3 is 5.97 Å². The Morgan fingerprint density at radius 1 is 1.55 bits per heavy atom. The minimum Gasteiger partial charge on any atom is -0.481 e. The molecule has 1 N–H and O–H groups in total. The molecule has 1 unspecified atom stereocenters. The standard InChI is InChI=1S/C7H11FO3/c1-5(6(9)4-8)2-3-7(10)11/h5H,2-4H2,1H3,(H,10,11). The van der Waals surface area contributed by atoms with Crippen LogP contribution in [0.2, 0.25) is 0 Å². The van der Waals surface area contributed by atoms with Gasteiger partial charge in [0.15, 0.2) is 5.78 Å². The predicted octanol–water partition coefficient (Wildman–Crippen LogP) is 1.03. The fourth-order valence-corrected chi connectivity index (χ4v) is 0.633. The van der Waals surface area contributed by atoms with Crippen LogP contribution in [-0.4, -0.2) is 23.5 Å². The van der Waals surface area contributed by atoms with Gasteiger partial charge in [0.25, 0.3) is 0 Å². The Kier molecular flexibility index (Phi) is 4.41. The number of hydrogen-bond donors (Lipinski definition) is 1. The number of rotatable bonds is 5. The van der Waals surface area contributed by atoms with E-state index >= 15 is 0 Å². The van der Waals surface area contributed by atoms with E-state index in [0.717, 1.165) is 0 Å². The molecule has 0 aliphatic heterocycles. The molecule has 0 saturated heterocycles. The molecule has 0 aromatic rings. The molecule has 64 valence electrons. The molecule has 0 aliphatic carbocycles. The minimum atomic E-state index is -0.999. The maximum Gasteiger partial charge on any atom is 0.303 e. The SMILES string of the molecule is CC(CCC(=O)O)C(=O)CF. The Morgan fingerprint density at radius 3 is 2.45 bits per heavy atom. The van der Waals surface area contributed by atoms with Crippen LogP contribution in [0.5, 0.6) is 0 Å². The van der Waals surface area contributed by atoms with Gasteiger partial charge in [-0.25, -0.2) is 4.39 Å². The number of carboxylic acid groups (broad SMARTS) is 1. The Bertz CT molecular complexity index is 156. The predicted molar refractivity (Wildman–Crippen MR) is 37.0 cm³/mol. The Balaban J connectivity index is 3.60. The van der Waals surface area contributed by atoms with E-state index in [4.69, 9.17) is 5.11 Å². The third kappa shape index (κ3) is 4.47. The van der Waals surface area contributed by atoms with Gasteiger partial charge in [0.1, 0.15) is 6.67 Å². The van der Waals surface area contributed by atoms with E-state index in [2.05, 4.69) is 0 Å². The van der Waals surface area contributed by atoms with E-state index in [9.17, 15) is 14.0 Å². The van der Waals surface area contributed by atoms with Crippen molar-refractivity contribution in [1.29, 1.82) is 0 Å². The van der Waals surface area contributed by atoms with Crippen LogP contribution in [0.1, 0.15) is 19.8 Å². The molecule has 0 amide bonds. The Morgan fingerprint density at radius 2 is 2.09 bits per heavy atom. The maximum absolute atomic E-state index is 11.7. The number of hydrogen-bond acceptors (Lipinski definition) is 2. The van der Waals surface area contributed by atoms with Crippen molar-refractivity contribution in [2.24, 2.45) is 5.92 Å². The molecule has 0 heterocycles. The summed E-state index contributed by atoms with van der Waals surface area (Å²) in [7, 11) is 0. The van der Waals surface area contributed by atoms with Gasteiger partial charge in [-0.05, 0) is 6.42 Å². The molecule has 4 heteroatoms. The van der Waals surface area contributed by atoms with Crippen LogP contribution in [0.4, 0.5) is 4.39 Å². The number of ketones is 1. The number of halogens is 1. The number of Topliss-reactive ketones (excluding diaryl/α,β-unsaturated/α-hetero) is 1. The van der Waals surface area contributed by atoms with E-state index in [1.165, 1.54) is 6.92 Å². The van der Waals surface area contributed by atoms with E-state index < -0.39 is 24.3 Å². The van der Waals surface area contributed by atoms with Crippen molar-refractivity contribution in [3.63, 3.8) is 0 Å². The first-order valence-corrected chi connectivity index (χ1v) is 3.38. The average molecular weight is 162 g/mol. The largest absolute Gasteiger partial charge is 0.481 e. The molecule has 3 nitrogen and oxygen atoms in total. The van der Waals surface area contributed by atoms with E-state index in [0.29, 0.717) is 0 Å². The second-order valence-electron chi connectivity index (χ2n) is 2.43. The number of carbonyl (C=O) groups excluding carboxylic acids is 1. The molecular weight excluding hydrogens is 151 g/mol. The lowest BCUT2D eigenvalue weighted by Gasteiger charge is -2.04. The number of alkyl halides is 1. The van der Waals surface area contributed by atoms with Crippen LogP contribution in [0.25, 0.3) is 0 Å². The molecular formula is C7H11FO3. The lowest BCUT2D eigenvalue weighted by Crippen LogP contribution is -2.13. The van der Waals surface area contributed by atoms with Gasteiger partial charge in [0.2, 0.25) is 0 Å². The third-order valence-electron chi connectivity index (χ3n) is 1.47. The summed E-state index contributed by atoms with van der Waals surface area (Å²) in [6, 6.07) is 0. The third-order valence-corrected chi connectivity index (χ3v) is 1.47. The van der Waals surface area contributed by atoms with Crippen LogP contribution in [0.15, 0.2) is 0 Å². The van der Waals surface area contributed by atoms with Gasteiger partial charge in [-0.1, -0.05) is 6.92 Å². The van der Waals surface area contributed by atoms with Crippen molar-refractivity contribution < 1.29 is 19.1 Å². The monoisotopic (exact) mass is 162 g/mol. The van der Waals surface area contributed by atoms with Gasteiger partial charge in [-0.15, -0.1) is 0 Å². The van der Waals surface area contributed by atoms with Crippen molar-refractivity contribution >= 4 is 11.8 Å². The molecule has 0 aliphatic rings. The van der Waals surface area contributed by atoms with Crippen LogP contribution < -0.4 is 0 Å². The van der Waals surface area contributed by atoms with E-state index in [-0.39, 0.29) is 12.8 Å². The lowest BCUT2D eigenvalue weighted by molar-refractivity contribution is -0.137. The summed E-state index contributed by atoms with van der Waals surface area (Å²) in [6.07, 6.45) is 0.144. The van der Waals surface area contributed by atoms with Gasteiger partial charge < -0.3 is 5.11 Å². The first kappa shape index (κ1) is 10.1. The fraction of sp³-hybridized carbons (Fsp3) is 0.714. The van der Waals surface area contributed by atoms with E-state index in [1.54, 1.807) is 0 Å². The highest BCUT2D eigenvalue weighted by atomic mass is 19.1. The highest BCUT2D eigenvalue weighted by molar-refractivity contribution is 5.82. The summed E-state index contributed by atoms with van der Waals surface area (Å²) in [5.41, 5.74) is 0. The normalized spacial score (nSPS) is 12.5. The summed E-state index contributed by atoms with van der Waals surface area (Å²) < 4.78 is 11.7. The van der Waals surface area contributed by atoms with Gasteiger partial charge in [-0.3, -0.25) is 9.59 Å². The van der Waals surface area contributed by atoms with Gasteiger partial charge in [0, 0.05) is 12.3 Å². The fourth-order valence-electron chi connectivity index (χ4n) is 0.633. The molecule has 0 rings (SSSR count). The Labute approximate surface area is 64.2 Å². The Hall–Kier alpha value is -0.930. The number of carboxylic acids is 1. The quantitative estimate of drug-likeness (QED) is 0.656. The lowest BCUT2D eigenvalue weighted by atomic mass is 10.0. The zero-order valence-corrected chi connectivity index (χ0v) is 6.34. The van der Waals surface area contributed by atoms with Crippen LogP contribution in [-0.2, 0) is 9.59 Å². The molecule has 0 fully saturated rings. The van der Waals surface area contributed by atoms with Crippen LogP contribution in [0, 0.1) is 5.92 Å². The summed E-state index contributed by atoms with van der Waals surface area (Å²) in [4.78, 5) is 20.6. The number of aliphatic carboxylic acids is 1. The molecule has 0 aromatic heterocycles. The van der Waals surface area contributed by atoms with Gasteiger partial charge in [0.05, 0.1) is 0 Å². The summed E-state index contributed by atoms with van der Waals surface area (Å²) in [5, 5.41) is 8.21. The molecule has 1 atom stereocenters. The molecule has 0 spiro atoms. The van der Waals surface area contributed by atoms with Crippen molar-refractivity contribution in [2.75, 3.05) is 6.67 Å². The summed E-state index contributed by atoms with van der Waals surface area (Å²) in [6.45, 7) is 0.533. The van der Waals surface area contributed by atoms with Crippen molar-refractivity contribution in [1.82, 2.24) is 0 Å². The zero-order chi connectivity index (χ0) is 8.85. The van der Waals surface area contributed by atoms with Crippen LogP contribution in [0.3, 0.4) is 0 Å². The number of carbonyl (C=O) groups is 2. The molecule has 0 saturated carbocycles. The summed E-state index contributed by atoms with van der Waals surface area (Å²) >= 11 is 0. The maximum atomic E-state index is 11.7. The minimum absolute atomic E-state index is 0.0765. The highest BCUT2D eigenvalue weighted by Gasteiger charge is 2.13. The first-order chi connectivity index (χ1) is 5.07. The van der Waals surface area contributed by atoms with Crippen molar-refractivity contribution in [3.05, 3.63) is 0 Å². The molecule has 0 aromatic carbocycles. The second-order valence-corrected chi connectivity index (χ2v) is 2.43. The topological polar surface area (TPSA) is 54.4 Å². The van der Waals surface area contributed by atoms with Crippen LogP contribution >= 0.6 is 0 Å². The molecule has 11 heavy (non-hydrogen) atoms. The smallest absolute Gasteiger partial charge is 0.303 e. The van der Waals surface area contributed by atoms with Gasteiger partial charge in [-0.2, -0.15) is 0 Å². The van der Waals surface area contributed by atoms with Crippen molar-refractivity contribution in [3.8, 4) is 0 Å². The molecule has 0 bridgehead atoms. The zero-order valence-electron chi connectivity index (χ0n) is 6.34. The highest BCUT2D eigenvalue weighted by Crippen LogP contribution is 2.06. The van der Waals surface area contributed by atoms with E-state index in [1.807, 2.05) is 0 Å². The van der Waals surface area contributed by atoms with Crippen molar-refractivity contribution in [2.45, 2.75) is 19.8 Å². The molecule has 0 radical (unpaired) electrons. The first-order valence-electron chi connectivity index (χ1n) is 3.38. The summed E-state index contributed by atoms with van der Waals surface area (Å²) in [5.74, 6) is -1.95. The second kappa shape index (κ2) is 4.82. The average Bonchev–Trinajstić information content (AvgIpc) is 1.98.